The molecule has 0 aliphatic carbocycles. The van der Waals surface area contributed by atoms with Gasteiger partial charge < -0.3 is 10.1 Å². The van der Waals surface area contributed by atoms with Crippen LogP contribution in [-0.4, -0.2) is 28.7 Å². The molecule has 0 bridgehead atoms. The minimum absolute atomic E-state index is 0.0199. The fraction of sp³-hybridized carbons (Fsp3) is 0.312. The molecular weight excluding hydrogens is 416 g/mol. The largest absolute Gasteiger partial charge is 0.484 e. The molecule has 1 N–H and O–H groups in total. The van der Waals surface area contributed by atoms with E-state index in [2.05, 4.69) is 20.0 Å². The predicted molar refractivity (Wildman–Crippen MR) is 85.9 cm³/mol. The third-order valence-corrected chi connectivity index (χ3v) is 3.63. The van der Waals surface area contributed by atoms with Crippen molar-refractivity contribution in [2.24, 2.45) is 0 Å². The third-order valence-electron chi connectivity index (χ3n) is 3.34. The zero-order chi connectivity index (χ0) is 21.1. The molecule has 0 saturated carbocycles. The fourth-order valence-corrected chi connectivity index (χ4v) is 2.38. The second-order valence-corrected chi connectivity index (χ2v) is 5.93. The summed E-state index contributed by atoms with van der Waals surface area (Å²) in [6, 6.07) is 0.830. The van der Waals surface area contributed by atoms with Crippen LogP contribution in [0.3, 0.4) is 0 Å². The van der Waals surface area contributed by atoms with Crippen molar-refractivity contribution in [2.45, 2.75) is 25.3 Å². The molecule has 0 aliphatic heterocycles. The summed E-state index contributed by atoms with van der Waals surface area (Å²) in [4.78, 5) is 20.0. The number of ether oxygens (including phenoxy) is 1. The lowest BCUT2D eigenvalue weighted by atomic mass is 10.1. The minimum atomic E-state index is -4.90. The Bertz CT molecular complexity index is 857. The predicted octanol–water partition coefficient (Wildman–Crippen LogP) is 4.58. The molecule has 1 unspecified atom stereocenters. The Morgan fingerprint density at radius 1 is 1.14 bits per heavy atom. The number of amides is 1. The molecule has 28 heavy (non-hydrogen) atoms. The molecule has 12 heteroatoms. The van der Waals surface area contributed by atoms with Crippen molar-refractivity contribution in [1.29, 1.82) is 0 Å². The number of benzene rings is 1. The van der Waals surface area contributed by atoms with Gasteiger partial charge in [-0.05, 0) is 25.1 Å². The van der Waals surface area contributed by atoms with Gasteiger partial charge in [-0.2, -0.15) is 26.3 Å². The number of carbonyl (C=O) groups is 1. The normalized spacial score (nSPS) is 13.1. The maximum absolute atomic E-state index is 13.0. The summed E-state index contributed by atoms with van der Waals surface area (Å²) in [6.07, 6.45) is -7.05. The van der Waals surface area contributed by atoms with E-state index in [1.54, 1.807) is 0 Å². The molecule has 0 fully saturated rings. The molecule has 152 valence electrons. The van der Waals surface area contributed by atoms with E-state index in [9.17, 15) is 31.1 Å². The molecule has 2 rings (SSSR count). The van der Waals surface area contributed by atoms with E-state index in [0.717, 1.165) is 6.07 Å². The quantitative estimate of drug-likeness (QED) is 0.709. The van der Waals surface area contributed by atoms with Gasteiger partial charge in [0, 0.05) is 18.0 Å². The van der Waals surface area contributed by atoms with E-state index >= 15 is 0 Å². The fourth-order valence-electron chi connectivity index (χ4n) is 2.11. The third kappa shape index (κ3) is 5.98. The van der Waals surface area contributed by atoms with Crippen LogP contribution < -0.4 is 10.1 Å². The number of alkyl halides is 6. The standard InChI is InChI=1S/C16H12ClF6N3O2/c1-8(12-13(17)25-3-2-24-12)26-14(27)9-4-10(16(21,22)23)6-11(5-9)28-7-15(18,19)20/h2-6,8H,7H2,1H3,(H,26,27). The summed E-state index contributed by atoms with van der Waals surface area (Å²) in [5, 5.41) is 2.34. The van der Waals surface area contributed by atoms with Gasteiger partial charge in [-0.25, -0.2) is 4.98 Å². The number of halogens is 7. The number of rotatable bonds is 5. The van der Waals surface area contributed by atoms with Crippen LogP contribution in [0.2, 0.25) is 5.15 Å². The van der Waals surface area contributed by atoms with Crippen LogP contribution in [0.5, 0.6) is 5.75 Å². The first-order valence-corrected chi connectivity index (χ1v) is 7.94. The Morgan fingerprint density at radius 3 is 2.36 bits per heavy atom. The number of nitrogens with one attached hydrogen (secondary N) is 1. The molecule has 1 aromatic heterocycles. The highest BCUT2D eigenvalue weighted by molar-refractivity contribution is 6.30. The molecule has 0 radical (unpaired) electrons. The first-order valence-electron chi connectivity index (χ1n) is 7.56. The summed E-state index contributed by atoms with van der Waals surface area (Å²) in [6.45, 7) is -0.344. The van der Waals surface area contributed by atoms with Gasteiger partial charge in [0.2, 0.25) is 0 Å². The molecule has 1 heterocycles. The van der Waals surface area contributed by atoms with E-state index in [1.165, 1.54) is 19.3 Å². The molecule has 1 atom stereocenters. The van der Waals surface area contributed by atoms with Crippen LogP contribution in [0.25, 0.3) is 0 Å². The number of aromatic nitrogens is 2. The first kappa shape index (κ1) is 21.7. The molecule has 5 nitrogen and oxygen atoms in total. The zero-order valence-corrected chi connectivity index (χ0v) is 14.8. The Hall–Kier alpha value is -2.56. The smallest absolute Gasteiger partial charge is 0.422 e. The monoisotopic (exact) mass is 427 g/mol. The number of nitrogens with zero attached hydrogens (tertiary/aromatic N) is 2. The van der Waals surface area contributed by atoms with Gasteiger partial charge in [0.25, 0.3) is 5.91 Å². The van der Waals surface area contributed by atoms with E-state index < -0.39 is 47.8 Å². The van der Waals surface area contributed by atoms with E-state index in [-0.39, 0.29) is 10.8 Å². The number of carbonyl (C=O) groups excluding carboxylic acids is 1. The maximum Gasteiger partial charge on any atom is 0.422 e. The lowest BCUT2D eigenvalue weighted by Gasteiger charge is -2.16. The van der Waals surface area contributed by atoms with Crippen molar-refractivity contribution in [2.75, 3.05) is 6.61 Å². The van der Waals surface area contributed by atoms with Gasteiger partial charge in [0.1, 0.15) is 5.75 Å². The average molecular weight is 428 g/mol. The highest BCUT2D eigenvalue weighted by atomic mass is 35.5. The summed E-state index contributed by atoms with van der Waals surface area (Å²) in [5.41, 5.74) is -1.71. The van der Waals surface area contributed by atoms with E-state index in [4.69, 9.17) is 11.6 Å². The van der Waals surface area contributed by atoms with Crippen molar-refractivity contribution >= 4 is 17.5 Å². The van der Waals surface area contributed by atoms with Crippen LogP contribution in [0.1, 0.15) is 34.6 Å². The Labute approximate surface area is 159 Å². The van der Waals surface area contributed by atoms with Crippen molar-refractivity contribution in [1.82, 2.24) is 15.3 Å². The summed E-state index contributed by atoms with van der Waals surface area (Å²) < 4.78 is 80.3. The highest BCUT2D eigenvalue weighted by Crippen LogP contribution is 2.33. The molecular formula is C16H12ClF6N3O2. The number of hydrogen-bond acceptors (Lipinski definition) is 4. The van der Waals surface area contributed by atoms with Crippen LogP contribution in [0.4, 0.5) is 26.3 Å². The molecule has 1 aromatic carbocycles. The van der Waals surface area contributed by atoms with E-state index in [1.807, 2.05) is 0 Å². The van der Waals surface area contributed by atoms with Crippen LogP contribution >= 0.6 is 11.6 Å². The van der Waals surface area contributed by atoms with Gasteiger partial charge in [-0.15, -0.1) is 0 Å². The molecule has 2 aromatic rings. The Morgan fingerprint density at radius 2 is 1.79 bits per heavy atom. The molecule has 0 aliphatic rings. The summed E-state index contributed by atoms with van der Waals surface area (Å²) in [7, 11) is 0. The van der Waals surface area contributed by atoms with Crippen LogP contribution in [-0.2, 0) is 6.18 Å². The maximum atomic E-state index is 13.0. The van der Waals surface area contributed by atoms with Crippen LogP contribution in [0, 0.1) is 0 Å². The molecule has 0 saturated heterocycles. The van der Waals surface area contributed by atoms with Crippen molar-refractivity contribution in [3.05, 3.63) is 52.6 Å². The Kier molecular flexibility index (Phi) is 6.37. The Balaban J connectivity index is 2.29. The first-order chi connectivity index (χ1) is 12.9. The average Bonchev–Trinajstić information content (AvgIpc) is 2.58. The van der Waals surface area contributed by atoms with E-state index in [0.29, 0.717) is 12.1 Å². The molecule has 0 spiro atoms. The van der Waals surface area contributed by atoms with Crippen molar-refractivity contribution in [3.8, 4) is 5.75 Å². The highest BCUT2D eigenvalue weighted by Gasteiger charge is 2.33. The van der Waals surface area contributed by atoms with Gasteiger partial charge in [0.05, 0.1) is 17.3 Å². The lowest BCUT2D eigenvalue weighted by molar-refractivity contribution is -0.153. The van der Waals surface area contributed by atoms with Gasteiger partial charge in [-0.1, -0.05) is 11.6 Å². The number of hydrogen-bond donors (Lipinski definition) is 1. The van der Waals surface area contributed by atoms with Crippen molar-refractivity contribution < 1.29 is 35.9 Å². The minimum Gasteiger partial charge on any atom is -0.484 e. The second-order valence-electron chi connectivity index (χ2n) is 5.58. The van der Waals surface area contributed by atoms with Crippen molar-refractivity contribution in [3.63, 3.8) is 0 Å². The van der Waals surface area contributed by atoms with Gasteiger partial charge in [-0.3, -0.25) is 9.78 Å². The topological polar surface area (TPSA) is 64.1 Å². The summed E-state index contributed by atoms with van der Waals surface area (Å²) in [5.74, 6) is -1.74. The molecule has 1 amide bonds. The van der Waals surface area contributed by atoms with Gasteiger partial charge >= 0.3 is 12.4 Å². The van der Waals surface area contributed by atoms with Crippen LogP contribution in [0.15, 0.2) is 30.6 Å². The summed E-state index contributed by atoms with van der Waals surface area (Å²) >= 11 is 5.84. The van der Waals surface area contributed by atoms with Gasteiger partial charge in [0.15, 0.2) is 11.8 Å². The lowest BCUT2D eigenvalue weighted by Crippen LogP contribution is -2.28. The SMILES string of the molecule is CC(NC(=O)c1cc(OCC(F)(F)F)cc(C(F)(F)F)c1)c1nccnc1Cl. The zero-order valence-electron chi connectivity index (χ0n) is 14.0. The second kappa shape index (κ2) is 8.21.